The summed E-state index contributed by atoms with van der Waals surface area (Å²) in [5.41, 5.74) is 0.844. The number of esters is 1. The first kappa shape index (κ1) is 11.4. The van der Waals surface area contributed by atoms with Crippen molar-refractivity contribution in [2.24, 2.45) is 4.99 Å². The summed E-state index contributed by atoms with van der Waals surface area (Å²) in [6.45, 7) is 1.90. The molecule has 0 aliphatic carbocycles. The van der Waals surface area contributed by atoms with E-state index in [9.17, 15) is 9.18 Å². The smallest absolute Gasteiger partial charge is 0.386 e. The van der Waals surface area contributed by atoms with E-state index < -0.39 is 11.9 Å². The summed E-state index contributed by atoms with van der Waals surface area (Å²) in [7, 11) is 0. The number of ether oxygens (including phenoxy) is 1. The minimum Gasteiger partial charge on any atom is -0.460 e. The standard InChI is InChI=1S/C11H12FNO2/c1-2-15-11(14)10(12)13-8-9-6-4-3-5-7-9/h3-7H,2,8H2,1H3. The van der Waals surface area contributed by atoms with Crippen LogP contribution in [0, 0.1) is 0 Å². The van der Waals surface area contributed by atoms with Gasteiger partial charge in [0.15, 0.2) is 0 Å². The average Bonchev–Trinajstić information content (AvgIpc) is 2.27. The van der Waals surface area contributed by atoms with Crippen molar-refractivity contribution in [3.05, 3.63) is 35.9 Å². The van der Waals surface area contributed by atoms with Crippen molar-refractivity contribution < 1.29 is 13.9 Å². The van der Waals surface area contributed by atoms with Crippen LogP contribution in [0.4, 0.5) is 4.39 Å². The maximum absolute atomic E-state index is 12.9. The molecule has 1 aromatic rings. The van der Waals surface area contributed by atoms with Gasteiger partial charge in [0, 0.05) is 0 Å². The number of carbonyl (C=O) groups excluding carboxylic acids is 1. The molecular weight excluding hydrogens is 197 g/mol. The maximum Gasteiger partial charge on any atom is 0.386 e. The highest BCUT2D eigenvalue weighted by Gasteiger charge is 2.10. The molecule has 0 atom stereocenters. The van der Waals surface area contributed by atoms with Crippen molar-refractivity contribution in [2.45, 2.75) is 13.5 Å². The molecule has 0 saturated carbocycles. The number of rotatable bonds is 4. The lowest BCUT2D eigenvalue weighted by molar-refractivity contribution is -0.135. The van der Waals surface area contributed by atoms with E-state index in [0.717, 1.165) is 5.56 Å². The number of aliphatic imine (C=N–C) groups is 1. The molecule has 1 rings (SSSR count). The van der Waals surface area contributed by atoms with E-state index in [4.69, 9.17) is 0 Å². The minimum absolute atomic E-state index is 0.144. The second-order valence-electron chi connectivity index (χ2n) is 2.81. The van der Waals surface area contributed by atoms with Gasteiger partial charge in [0.05, 0.1) is 13.2 Å². The van der Waals surface area contributed by atoms with Gasteiger partial charge >= 0.3 is 5.97 Å². The number of hydrogen-bond acceptors (Lipinski definition) is 3. The van der Waals surface area contributed by atoms with Crippen molar-refractivity contribution in [1.29, 1.82) is 0 Å². The summed E-state index contributed by atoms with van der Waals surface area (Å²) in [5.74, 6) is -2.09. The van der Waals surface area contributed by atoms with Crippen molar-refractivity contribution in [3.8, 4) is 0 Å². The lowest BCUT2D eigenvalue weighted by atomic mass is 10.2. The highest BCUT2D eigenvalue weighted by Crippen LogP contribution is 2.01. The van der Waals surface area contributed by atoms with Gasteiger partial charge in [-0.05, 0) is 12.5 Å². The maximum atomic E-state index is 12.9. The SMILES string of the molecule is CCOC(=O)C(F)=NCc1ccccc1. The van der Waals surface area contributed by atoms with Gasteiger partial charge in [0.2, 0.25) is 0 Å². The first-order valence-corrected chi connectivity index (χ1v) is 4.65. The Morgan fingerprint density at radius 3 is 2.67 bits per heavy atom. The van der Waals surface area contributed by atoms with E-state index in [-0.39, 0.29) is 13.2 Å². The van der Waals surface area contributed by atoms with Crippen LogP contribution < -0.4 is 0 Å². The Hall–Kier alpha value is -1.71. The molecule has 0 radical (unpaired) electrons. The highest BCUT2D eigenvalue weighted by molar-refractivity contribution is 6.32. The number of nitrogens with zero attached hydrogens (tertiary/aromatic N) is 1. The second-order valence-corrected chi connectivity index (χ2v) is 2.81. The highest BCUT2D eigenvalue weighted by atomic mass is 19.1. The molecule has 4 heteroatoms. The lowest BCUT2D eigenvalue weighted by Gasteiger charge is -1.98. The summed E-state index contributed by atoms with van der Waals surface area (Å²) < 4.78 is 17.4. The van der Waals surface area contributed by atoms with Gasteiger partial charge in [-0.15, -0.1) is 0 Å². The van der Waals surface area contributed by atoms with Gasteiger partial charge in [0.1, 0.15) is 0 Å². The van der Waals surface area contributed by atoms with E-state index in [1.165, 1.54) is 0 Å². The Labute approximate surface area is 87.6 Å². The first-order valence-electron chi connectivity index (χ1n) is 4.65. The van der Waals surface area contributed by atoms with Crippen LogP contribution in [0.3, 0.4) is 0 Å². The molecule has 0 fully saturated rings. The van der Waals surface area contributed by atoms with E-state index in [1.807, 2.05) is 30.3 Å². The molecule has 0 bridgehead atoms. The summed E-state index contributed by atoms with van der Waals surface area (Å²) in [6.07, 6.45) is 0. The van der Waals surface area contributed by atoms with Gasteiger partial charge in [-0.25, -0.2) is 9.79 Å². The van der Waals surface area contributed by atoms with Crippen LogP contribution in [-0.2, 0) is 16.1 Å². The summed E-state index contributed by atoms with van der Waals surface area (Å²) in [5, 5.41) is 0. The van der Waals surface area contributed by atoms with Crippen LogP contribution in [0.2, 0.25) is 0 Å². The molecule has 0 N–H and O–H groups in total. The van der Waals surface area contributed by atoms with E-state index in [1.54, 1.807) is 6.92 Å². The number of halogens is 1. The fourth-order valence-electron chi connectivity index (χ4n) is 0.999. The van der Waals surface area contributed by atoms with Crippen LogP contribution in [-0.4, -0.2) is 18.5 Å². The molecule has 0 heterocycles. The third kappa shape index (κ3) is 3.89. The van der Waals surface area contributed by atoms with Crippen molar-refractivity contribution in [2.75, 3.05) is 6.61 Å². The average molecular weight is 209 g/mol. The van der Waals surface area contributed by atoms with Crippen molar-refractivity contribution in [3.63, 3.8) is 0 Å². The topological polar surface area (TPSA) is 38.7 Å². The minimum atomic E-state index is -1.08. The molecule has 15 heavy (non-hydrogen) atoms. The zero-order valence-corrected chi connectivity index (χ0v) is 8.44. The van der Waals surface area contributed by atoms with Gasteiger partial charge in [0.25, 0.3) is 5.97 Å². The fourth-order valence-corrected chi connectivity index (χ4v) is 0.999. The summed E-state index contributed by atoms with van der Waals surface area (Å²) in [4.78, 5) is 14.3. The van der Waals surface area contributed by atoms with Crippen molar-refractivity contribution >= 4 is 11.9 Å². The molecule has 0 spiro atoms. The molecule has 0 unspecified atom stereocenters. The van der Waals surface area contributed by atoms with Crippen LogP contribution >= 0.6 is 0 Å². The molecule has 0 aromatic heterocycles. The molecule has 0 aliphatic rings. The largest absolute Gasteiger partial charge is 0.460 e. The predicted molar refractivity (Wildman–Crippen MR) is 55.3 cm³/mol. The lowest BCUT2D eigenvalue weighted by Crippen LogP contribution is -2.13. The Kier molecular flexibility index (Phi) is 4.47. The monoisotopic (exact) mass is 209 g/mol. The molecule has 0 aliphatic heterocycles. The fraction of sp³-hybridized carbons (Fsp3) is 0.273. The van der Waals surface area contributed by atoms with E-state index >= 15 is 0 Å². The van der Waals surface area contributed by atoms with E-state index in [2.05, 4.69) is 9.73 Å². The molecule has 80 valence electrons. The third-order valence-corrected chi connectivity index (χ3v) is 1.69. The summed E-state index contributed by atoms with van der Waals surface area (Å²) in [6, 6.07) is 9.12. The molecular formula is C11H12FNO2. The normalized spacial score (nSPS) is 11.2. The molecule has 0 saturated heterocycles. The van der Waals surface area contributed by atoms with E-state index in [0.29, 0.717) is 0 Å². The van der Waals surface area contributed by atoms with Gasteiger partial charge in [-0.2, -0.15) is 4.39 Å². The number of benzene rings is 1. The van der Waals surface area contributed by atoms with Crippen LogP contribution in [0.5, 0.6) is 0 Å². The van der Waals surface area contributed by atoms with Crippen LogP contribution in [0.1, 0.15) is 12.5 Å². The van der Waals surface area contributed by atoms with Gasteiger partial charge in [-0.3, -0.25) is 0 Å². The van der Waals surface area contributed by atoms with Crippen LogP contribution in [0.15, 0.2) is 35.3 Å². The Morgan fingerprint density at radius 2 is 2.07 bits per heavy atom. The summed E-state index contributed by atoms with van der Waals surface area (Å²) >= 11 is 0. The van der Waals surface area contributed by atoms with Crippen LogP contribution in [0.25, 0.3) is 0 Å². The zero-order valence-electron chi connectivity index (χ0n) is 8.44. The first-order chi connectivity index (χ1) is 7.24. The zero-order chi connectivity index (χ0) is 11.1. The molecule has 1 aromatic carbocycles. The number of carbonyl (C=O) groups is 1. The van der Waals surface area contributed by atoms with Gasteiger partial charge < -0.3 is 4.74 Å². The quantitative estimate of drug-likeness (QED) is 0.562. The Balaban J connectivity index is 2.54. The molecule has 0 amide bonds. The molecule has 3 nitrogen and oxygen atoms in total. The van der Waals surface area contributed by atoms with Crippen molar-refractivity contribution in [1.82, 2.24) is 0 Å². The Morgan fingerprint density at radius 1 is 1.40 bits per heavy atom. The number of hydrogen-bond donors (Lipinski definition) is 0. The third-order valence-electron chi connectivity index (χ3n) is 1.69. The second kappa shape index (κ2) is 5.90. The predicted octanol–water partition coefficient (Wildman–Crippen LogP) is 2.12. The van der Waals surface area contributed by atoms with Gasteiger partial charge in [-0.1, -0.05) is 30.3 Å². The Bertz CT molecular complexity index is 349.